The molecule has 0 aliphatic heterocycles. The molecule has 1 atom stereocenters. The summed E-state index contributed by atoms with van der Waals surface area (Å²) >= 11 is 0. The molecule has 1 rings (SSSR count). The Morgan fingerprint density at radius 1 is 1.47 bits per heavy atom. The molecule has 5 nitrogen and oxygen atoms in total. The highest BCUT2D eigenvalue weighted by Gasteiger charge is 2.17. The summed E-state index contributed by atoms with van der Waals surface area (Å²) in [7, 11) is 1.92. The normalized spacial score (nSPS) is 13.2. The Bertz CT molecular complexity index is 297. The molecular weight excluding hydrogens is 192 g/mol. The van der Waals surface area contributed by atoms with E-state index in [1.165, 1.54) is 0 Å². The van der Waals surface area contributed by atoms with Crippen molar-refractivity contribution in [3.05, 3.63) is 5.89 Å². The fourth-order valence-corrected chi connectivity index (χ4v) is 1.28. The van der Waals surface area contributed by atoms with Crippen LogP contribution in [0.4, 0.5) is 5.95 Å². The summed E-state index contributed by atoms with van der Waals surface area (Å²) in [4.78, 5) is 6.17. The summed E-state index contributed by atoms with van der Waals surface area (Å²) in [5, 5.41) is 3.88. The summed E-state index contributed by atoms with van der Waals surface area (Å²) in [5.41, 5.74) is 5.94. The molecule has 5 heteroatoms. The van der Waals surface area contributed by atoms with E-state index in [-0.39, 0.29) is 6.04 Å². The van der Waals surface area contributed by atoms with Gasteiger partial charge in [-0.05, 0) is 24.4 Å². The van der Waals surface area contributed by atoms with Crippen LogP contribution in [0.25, 0.3) is 0 Å². The molecule has 1 aromatic heterocycles. The van der Waals surface area contributed by atoms with Gasteiger partial charge in [-0.15, -0.1) is 0 Å². The Balaban J connectivity index is 2.66. The largest absolute Gasteiger partial charge is 0.342 e. The lowest BCUT2D eigenvalue weighted by atomic mass is 10.0. The average Bonchev–Trinajstić information content (AvgIpc) is 2.64. The number of hydrogen-bond acceptors (Lipinski definition) is 5. The predicted molar refractivity (Wildman–Crippen MR) is 59.6 cm³/mol. The molecule has 1 heterocycles. The molecule has 0 saturated carbocycles. The summed E-state index contributed by atoms with van der Waals surface area (Å²) < 4.78 is 5.12. The summed E-state index contributed by atoms with van der Waals surface area (Å²) in [6.45, 7) is 7.12. The fourth-order valence-electron chi connectivity index (χ4n) is 1.28. The van der Waals surface area contributed by atoms with Crippen LogP contribution in [0, 0.1) is 5.92 Å². The zero-order valence-electron chi connectivity index (χ0n) is 9.90. The molecule has 0 spiro atoms. The van der Waals surface area contributed by atoms with Crippen LogP contribution < -0.4 is 10.6 Å². The van der Waals surface area contributed by atoms with E-state index in [9.17, 15) is 0 Å². The van der Waals surface area contributed by atoms with E-state index in [1.807, 2.05) is 18.9 Å². The number of anilines is 1. The minimum absolute atomic E-state index is 0.156. The van der Waals surface area contributed by atoms with Crippen molar-refractivity contribution in [3.8, 4) is 0 Å². The molecule has 0 aliphatic carbocycles. The Hall–Kier alpha value is -1.10. The zero-order valence-corrected chi connectivity index (χ0v) is 9.90. The molecule has 0 bridgehead atoms. The average molecular weight is 212 g/mol. The van der Waals surface area contributed by atoms with Gasteiger partial charge in [0, 0.05) is 13.6 Å². The highest BCUT2D eigenvalue weighted by molar-refractivity contribution is 5.25. The maximum atomic E-state index is 5.94. The molecule has 0 aromatic carbocycles. The Morgan fingerprint density at radius 2 is 2.13 bits per heavy atom. The molecule has 0 saturated heterocycles. The first-order valence-electron chi connectivity index (χ1n) is 5.34. The lowest BCUT2D eigenvalue weighted by Gasteiger charge is -2.10. The molecule has 86 valence electrons. The van der Waals surface area contributed by atoms with Crippen LogP contribution in [-0.4, -0.2) is 23.7 Å². The molecule has 0 radical (unpaired) electrons. The van der Waals surface area contributed by atoms with Crippen LogP contribution in [0.15, 0.2) is 4.52 Å². The van der Waals surface area contributed by atoms with Crippen LogP contribution in [-0.2, 0) is 0 Å². The van der Waals surface area contributed by atoms with Crippen LogP contribution in [0.1, 0.15) is 39.1 Å². The van der Waals surface area contributed by atoms with E-state index in [0.29, 0.717) is 17.8 Å². The second kappa shape index (κ2) is 5.11. The minimum atomic E-state index is -0.156. The third kappa shape index (κ3) is 3.20. The molecule has 0 aliphatic rings. The third-order valence-electron chi connectivity index (χ3n) is 2.29. The number of nitrogens with two attached hydrogens (primary N) is 1. The molecule has 0 fully saturated rings. The molecule has 0 amide bonds. The van der Waals surface area contributed by atoms with Crippen molar-refractivity contribution in [2.45, 2.75) is 33.2 Å². The van der Waals surface area contributed by atoms with E-state index < -0.39 is 0 Å². The number of aromatic nitrogens is 2. The Morgan fingerprint density at radius 3 is 2.67 bits per heavy atom. The van der Waals surface area contributed by atoms with Gasteiger partial charge in [-0.25, -0.2) is 0 Å². The van der Waals surface area contributed by atoms with Crippen LogP contribution >= 0.6 is 0 Å². The molecule has 2 N–H and O–H groups in total. The van der Waals surface area contributed by atoms with Crippen molar-refractivity contribution in [2.24, 2.45) is 11.7 Å². The number of rotatable bonds is 5. The predicted octanol–water partition coefficient (Wildman–Crippen LogP) is 1.57. The third-order valence-corrected chi connectivity index (χ3v) is 2.29. The standard InChI is InChI=1S/C10H20N4O/c1-5-14(4)10-12-9(15-13-10)8(11)6-7(2)3/h7-8H,5-6,11H2,1-4H3/t8-/m1/s1. The molecular formula is C10H20N4O. The first-order valence-corrected chi connectivity index (χ1v) is 5.34. The van der Waals surface area contributed by atoms with Gasteiger partial charge in [-0.3, -0.25) is 0 Å². The first-order chi connectivity index (χ1) is 7.04. The highest BCUT2D eigenvalue weighted by atomic mass is 16.5. The number of nitrogens with zero attached hydrogens (tertiary/aromatic N) is 3. The van der Waals surface area contributed by atoms with Gasteiger partial charge in [-0.2, -0.15) is 4.98 Å². The second-order valence-electron chi connectivity index (χ2n) is 4.18. The van der Waals surface area contributed by atoms with Crippen molar-refractivity contribution < 1.29 is 4.52 Å². The SMILES string of the molecule is CCN(C)c1noc([C@H](N)CC(C)C)n1. The first kappa shape index (κ1) is 12.0. The van der Waals surface area contributed by atoms with E-state index in [4.69, 9.17) is 10.3 Å². The van der Waals surface area contributed by atoms with Crippen LogP contribution in [0.3, 0.4) is 0 Å². The van der Waals surface area contributed by atoms with E-state index in [1.54, 1.807) is 0 Å². The lowest BCUT2D eigenvalue weighted by molar-refractivity contribution is 0.335. The molecule has 15 heavy (non-hydrogen) atoms. The quantitative estimate of drug-likeness (QED) is 0.802. The summed E-state index contributed by atoms with van der Waals surface area (Å²) in [6, 6.07) is -0.156. The van der Waals surface area contributed by atoms with Gasteiger partial charge in [0.1, 0.15) is 0 Å². The maximum Gasteiger partial charge on any atom is 0.265 e. The fraction of sp³-hybridized carbons (Fsp3) is 0.800. The van der Waals surface area contributed by atoms with Crippen molar-refractivity contribution >= 4 is 5.95 Å². The number of hydrogen-bond donors (Lipinski definition) is 1. The van der Waals surface area contributed by atoms with E-state index in [2.05, 4.69) is 24.0 Å². The molecule has 0 unspecified atom stereocenters. The van der Waals surface area contributed by atoms with Gasteiger partial charge < -0.3 is 15.2 Å². The highest BCUT2D eigenvalue weighted by Crippen LogP contribution is 2.18. The van der Waals surface area contributed by atoms with Crippen LogP contribution in [0.2, 0.25) is 0 Å². The van der Waals surface area contributed by atoms with Gasteiger partial charge in [0.25, 0.3) is 5.95 Å². The van der Waals surface area contributed by atoms with Crippen molar-refractivity contribution in [2.75, 3.05) is 18.5 Å². The summed E-state index contributed by atoms with van der Waals surface area (Å²) in [6.07, 6.45) is 0.859. The topological polar surface area (TPSA) is 68.2 Å². The minimum Gasteiger partial charge on any atom is -0.342 e. The maximum absolute atomic E-state index is 5.94. The van der Waals surface area contributed by atoms with Gasteiger partial charge in [-0.1, -0.05) is 13.8 Å². The van der Waals surface area contributed by atoms with Gasteiger partial charge >= 0.3 is 0 Å². The zero-order chi connectivity index (χ0) is 11.4. The Labute approximate surface area is 90.6 Å². The van der Waals surface area contributed by atoms with Gasteiger partial charge in [0.2, 0.25) is 5.89 Å². The smallest absolute Gasteiger partial charge is 0.265 e. The van der Waals surface area contributed by atoms with Crippen LogP contribution in [0.5, 0.6) is 0 Å². The monoisotopic (exact) mass is 212 g/mol. The lowest BCUT2D eigenvalue weighted by Crippen LogP contribution is -2.18. The van der Waals surface area contributed by atoms with Gasteiger partial charge in [0.05, 0.1) is 6.04 Å². The van der Waals surface area contributed by atoms with Crippen molar-refractivity contribution in [1.82, 2.24) is 10.1 Å². The Kier molecular flexibility index (Phi) is 4.08. The van der Waals surface area contributed by atoms with E-state index in [0.717, 1.165) is 13.0 Å². The van der Waals surface area contributed by atoms with Crippen molar-refractivity contribution in [1.29, 1.82) is 0 Å². The van der Waals surface area contributed by atoms with Crippen molar-refractivity contribution in [3.63, 3.8) is 0 Å². The second-order valence-corrected chi connectivity index (χ2v) is 4.18. The van der Waals surface area contributed by atoms with E-state index >= 15 is 0 Å². The summed E-state index contributed by atoms with van der Waals surface area (Å²) in [5.74, 6) is 1.66. The van der Waals surface area contributed by atoms with Gasteiger partial charge in [0.15, 0.2) is 0 Å². The molecule has 1 aromatic rings.